The highest BCUT2D eigenvalue weighted by Gasteiger charge is 2.26. The molecule has 118 valence electrons. The molecule has 3 nitrogen and oxygen atoms in total. The highest BCUT2D eigenvalue weighted by Crippen LogP contribution is 2.23. The van der Waals surface area contributed by atoms with Gasteiger partial charge in [0.05, 0.1) is 5.56 Å². The molecule has 0 aromatic heterocycles. The third-order valence-corrected chi connectivity index (χ3v) is 4.29. The van der Waals surface area contributed by atoms with Gasteiger partial charge in [-0.05, 0) is 66.5 Å². The molecule has 1 N–H and O–H groups in total. The van der Waals surface area contributed by atoms with Gasteiger partial charge in [0.25, 0.3) is 5.91 Å². The molecule has 0 saturated carbocycles. The predicted molar refractivity (Wildman–Crippen MR) is 88.6 cm³/mol. The number of amides is 1. The first kappa shape index (κ1) is 18.4. The van der Waals surface area contributed by atoms with E-state index < -0.39 is 0 Å². The van der Waals surface area contributed by atoms with Crippen molar-refractivity contribution in [2.45, 2.75) is 32.2 Å². The molecule has 1 heterocycles. The lowest BCUT2D eigenvalue weighted by atomic mass is 10.0. The predicted octanol–water partition coefficient (Wildman–Crippen LogP) is 3.61. The average molecular weight is 380 g/mol. The lowest BCUT2D eigenvalue weighted by Gasteiger charge is -2.34. The molecule has 1 aliphatic heterocycles. The van der Waals surface area contributed by atoms with Gasteiger partial charge in [0.1, 0.15) is 5.82 Å². The molecule has 0 unspecified atom stereocenters. The van der Waals surface area contributed by atoms with E-state index in [-0.39, 0.29) is 30.2 Å². The highest BCUT2D eigenvalue weighted by atomic mass is 79.9. The first-order valence-electron chi connectivity index (χ1n) is 7.10. The fourth-order valence-corrected chi connectivity index (χ4v) is 3.15. The second kappa shape index (κ2) is 8.71. The molecular formula is C15H21BrClFN2O. The summed E-state index contributed by atoms with van der Waals surface area (Å²) < 4.78 is 13.7. The van der Waals surface area contributed by atoms with E-state index in [0.29, 0.717) is 10.0 Å². The first-order valence-corrected chi connectivity index (χ1v) is 7.89. The maximum Gasteiger partial charge on any atom is 0.255 e. The Bertz CT molecular complexity index is 481. The highest BCUT2D eigenvalue weighted by molar-refractivity contribution is 9.10. The molecule has 21 heavy (non-hydrogen) atoms. The third-order valence-electron chi connectivity index (χ3n) is 3.64. The fraction of sp³-hybridized carbons (Fsp3) is 0.533. The van der Waals surface area contributed by atoms with Crippen LogP contribution in [0.3, 0.4) is 0 Å². The van der Waals surface area contributed by atoms with Crippen LogP contribution in [0.2, 0.25) is 0 Å². The van der Waals surface area contributed by atoms with Crippen LogP contribution in [0.15, 0.2) is 22.7 Å². The van der Waals surface area contributed by atoms with Crippen LogP contribution in [0.4, 0.5) is 4.39 Å². The van der Waals surface area contributed by atoms with Gasteiger partial charge in [-0.2, -0.15) is 0 Å². The molecule has 2 rings (SSSR count). The lowest BCUT2D eigenvalue weighted by molar-refractivity contribution is 0.0641. The second-order valence-electron chi connectivity index (χ2n) is 5.10. The molecule has 0 aliphatic carbocycles. The standard InChI is InChI=1S/C15H20BrFN2O.ClH/c1-2-9-19(12-5-7-18-8-6-12)15(20)13-4-3-11(17)10-14(13)16;/h3-4,10,12,18H,2,5-9H2,1H3;1H. The normalized spacial score (nSPS) is 15.4. The topological polar surface area (TPSA) is 32.3 Å². The molecule has 1 fully saturated rings. The summed E-state index contributed by atoms with van der Waals surface area (Å²) in [6.45, 7) is 4.71. The van der Waals surface area contributed by atoms with Crippen molar-refractivity contribution in [2.75, 3.05) is 19.6 Å². The number of hydrogen-bond acceptors (Lipinski definition) is 2. The molecule has 0 atom stereocenters. The minimum absolute atomic E-state index is 0. The molecular weight excluding hydrogens is 359 g/mol. The van der Waals surface area contributed by atoms with E-state index in [2.05, 4.69) is 28.2 Å². The molecule has 1 saturated heterocycles. The van der Waals surface area contributed by atoms with Crippen molar-refractivity contribution in [3.05, 3.63) is 34.1 Å². The summed E-state index contributed by atoms with van der Waals surface area (Å²) in [5.41, 5.74) is 0.540. The number of carbonyl (C=O) groups is 1. The van der Waals surface area contributed by atoms with Gasteiger partial charge in [0.15, 0.2) is 0 Å². The lowest BCUT2D eigenvalue weighted by Crippen LogP contribution is -2.46. The van der Waals surface area contributed by atoms with Crippen molar-refractivity contribution in [2.24, 2.45) is 0 Å². The summed E-state index contributed by atoms with van der Waals surface area (Å²) in [4.78, 5) is 14.7. The quantitative estimate of drug-likeness (QED) is 0.866. The van der Waals surface area contributed by atoms with Crippen LogP contribution >= 0.6 is 28.3 Å². The minimum atomic E-state index is -0.336. The van der Waals surface area contributed by atoms with Crippen molar-refractivity contribution in [3.63, 3.8) is 0 Å². The Morgan fingerprint density at radius 2 is 2.10 bits per heavy atom. The van der Waals surface area contributed by atoms with Crippen molar-refractivity contribution < 1.29 is 9.18 Å². The molecule has 6 heteroatoms. The number of benzene rings is 1. The van der Waals surface area contributed by atoms with Crippen LogP contribution in [-0.2, 0) is 0 Å². The van der Waals surface area contributed by atoms with E-state index in [9.17, 15) is 9.18 Å². The van der Waals surface area contributed by atoms with Crippen LogP contribution in [0.5, 0.6) is 0 Å². The summed E-state index contributed by atoms with van der Waals surface area (Å²) >= 11 is 3.29. The van der Waals surface area contributed by atoms with Gasteiger partial charge in [0, 0.05) is 17.1 Å². The van der Waals surface area contributed by atoms with Crippen molar-refractivity contribution in [1.82, 2.24) is 10.2 Å². The zero-order valence-electron chi connectivity index (χ0n) is 12.1. The Kier molecular flexibility index (Phi) is 7.63. The van der Waals surface area contributed by atoms with Crippen LogP contribution in [0, 0.1) is 5.82 Å². The van der Waals surface area contributed by atoms with Crippen LogP contribution in [0.1, 0.15) is 36.5 Å². The van der Waals surface area contributed by atoms with E-state index >= 15 is 0 Å². The summed E-state index contributed by atoms with van der Waals surface area (Å²) in [6, 6.07) is 4.52. The zero-order chi connectivity index (χ0) is 14.5. The Morgan fingerprint density at radius 1 is 1.43 bits per heavy atom. The molecule has 1 aliphatic rings. The molecule has 1 aromatic rings. The average Bonchev–Trinajstić information content (AvgIpc) is 2.45. The maximum absolute atomic E-state index is 13.2. The Labute approximate surface area is 139 Å². The van der Waals surface area contributed by atoms with E-state index in [1.54, 1.807) is 6.07 Å². The number of nitrogens with one attached hydrogen (secondary N) is 1. The van der Waals surface area contributed by atoms with Gasteiger partial charge in [-0.25, -0.2) is 4.39 Å². The SMILES string of the molecule is CCCN(C(=O)c1ccc(F)cc1Br)C1CCNCC1.Cl. The molecule has 1 aromatic carbocycles. The van der Waals surface area contributed by atoms with Gasteiger partial charge in [-0.1, -0.05) is 6.92 Å². The van der Waals surface area contributed by atoms with E-state index in [1.807, 2.05) is 4.90 Å². The number of rotatable bonds is 4. The molecule has 0 spiro atoms. The van der Waals surface area contributed by atoms with Gasteiger partial charge in [-0.3, -0.25) is 4.79 Å². The van der Waals surface area contributed by atoms with E-state index in [0.717, 1.165) is 38.9 Å². The Morgan fingerprint density at radius 3 is 2.67 bits per heavy atom. The Balaban J connectivity index is 0.00000220. The largest absolute Gasteiger partial charge is 0.336 e. The van der Waals surface area contributed by atoms with Gasteiger partial charge >= 0.3 is 0 Å². The van der Waals surface area contributed by atoms with Crippen molar-refractivity contribution in [3.8, 4) is 0 Å². The monoisotopic (exact) mass is 378 g/mol. The zero-order valence-corrected chi connectivity index (χ0v) is 14.5. The fourth-order valence-electron chi connectivity index (χ4n) is 2.63. The molecule has 1 amide bonds. The summed E-state index contributed by atoms with van der Waals surface area (Å²) in [5, 5.41) is 3.31. The van der Waals surface area contributed by atoms with Crippen LogP contribution < -0.4 is 5.32 Å². The number of carbonyl (C=O) groups excluding carboxylic acids is 1. The summed E-state index contributed by atoms with van der Waals surface area (Å²) in [5.74, 6) is -0.344. The number of piperidine rings is 1. The van der Waals surface area contributed by atoms with E-state index in [4.69, 9.17) is 0 Å². The Hall–Kier alpha value is -0.650. The van der Waals surface area contributed by atoms with Gasteiger partial charge in [-0.15, -0.1) is 12.4 Å². The maximum atomic E-state index is 13.2. The van der Waals surface area contributed by atoms with Crippen LogP contribution in [0.25, 0.3) is 0 Å². The number of halogens is 3. The molecule has 0 bridgehead atoms. The third kappa shape index (κ3) is 4.66. The second-order valence-corrected chi connectivity index (χ2v) is 5.96. The number of nitrogens with zero attached hydrogens (tertiary/aromatic N) is 1. The van der Waals surface area contributed by atoms with Gasteiger partial charge < -0.3 is 10.2 Å². The first-order chi connectivity index (χ1) is 9.63. The van der Waals surface area contributed by atoms with Crippen molar-refractivity contribution >= 4 is 34.2 Å². The van der Waals surface area contributed by atoms with Crippen LogP contribution in [-0.4, -0.2) is 36.5 Å². The minimum Gasteiger partial charge on any atom is -0.336 e. The summed E-state index contributed by atoms with van der Waals surface area (Å²) in [6.07, 6.45) is 2.88. The van der Waals surface area contributed by atoms with Gasteiger partial charge in [0.2, 0.25) is 0 Å². The smallest absolute Gasteiger partial charge is 0.255 e. The molecule has 0 radical (unpaired) electrons. The van der Waals surface area contributed by atoms with E-state index in [1.165, 1.54) is 12.1 Å². The summed E-state index contributed by atoms with van der Waals surface area (Å²) in [7, 11) is 0. The number of hydrogen-bond donors (Lipinski definition) is 1. The van der Waals surface area contributed by atoms with Crippen molar-refractivity contribution in [1.29, 1.82) is 0 Å².